The molecular weight excluding hydrogens is 336 g/mol. The Morgan fingerprint density at radius 1 is 0.667 bits per heavy atom. The minimum Gasteiger partial charge on any atom is -0.507 e. The lowest BCUT2D eigenvalue weighted by Crippen LogP contribution is -2.27. The first-order chi connectivity index (χ1) is 13.1. The molecule has 1 aliphatic carbocycles. The maximum atomic E-state index is 13.0. The lowest BCUT2D eigenvalue weighted by atomic mass is 9.76. The first kappa shape index (κ1) is 17.0. The number of carbonyl (C=O) groups excluding carboxylic acids is 2. The number of aliphatic hydroxyl groups excluding tert-OH is 1. The summed E-state index contributed by atoms with van der Waals surface area (Å²) < 4.78 is 0. The van der Waals surface area contributed by atoms with E-state index in [9.17, 15) is 14.7 Å². The Bertz CT molecular complexity index is 1060. The van der Waals surface area contributed by atoms with Crippen LogP contribution in [-0.4, -0.2) is 16.7 Å². The number of carbonyl (C=O) groups is 2. The number of aliphatic hydroxyl groups is 1. The molecule has 0 saturated heterocycles. The van der Waals surface area contributed by atoms with Crippen LogP contribution in [0.2, 0.25) is 0 Å². The second-order valence-electron chi connectivity index (χ2n) is 6.72. The molecule has 0 aliphatic heterocycles. The topological polar surface area (TPSA) is 54.4 Å². The van der Waals surface area contributed by atoms with Gasteiger partial charge in [0.1, 0.15) is 5.76 Å². The van der Waals surface area contributed by atoms with Gasteiger partial charge in [-0.25, -0.2) is 0 Å². The van der Waals surface area contributed by atoms with E-state index in [1.165, 1.54) is 0 Å². The maximum absolute atomic E-state index is 13.0. The Hall–Kier alpha value is -3.46. The molecule has 1 unspecified atom stereocenters. The highest BCUT2D eigenvalue weighted by molar-refractivity contribution is 6.52. The van der Waals surface area contributed by atoms with Crippen molar-refractivity contribution in [3.05, 3.63) is 112 Å². The number of ketones is 2. The van der Waals surface area contributed by atoms with Crippen molar-refractivity contribution in [3.8, 4) is 0 Å². The molecule has 27 heavy (non-hydrogen) atoms. The zero-order valence-corrected chi connectivity index (χ0v) is 14.8. The van der Waals surface area contributed by atoms with Crippen molar-refractivity contribution in [3.63, 3.8) is 0 Å². The quantitative estimate of drug-likeness (QED) is 0.683. The molecule has 4 rings (SSSR count). The zero-order chi connectivity index (χ0) is 19.0. The van der Waals surface area contributed by atoms with Gasteiger partial charge in [-0.15, -0.1) is 0 Å². The summed E-state index contributed by atoms with van der Waals surface area (Å²) in [5.41, 5.74) is 3.59. The second kappa shape index (κ2) is 6.69. The Morgan fingerprint density at radius 2 is 1.22 bits per heavy atom. The monoisotopic (exact) mass is 354 g/mol. The van der Waals surface area contributed by atoms with Crippen molar-refractivity contribution in [2.75, 3.05) is 0 Å². The highest BCUT2D eigenvalue weighted by Crippen LogP contribution is 2.39. The molecule has 132 valence electrons. The fraction of sp³-hybridized carbons (Fsp3) is 0.0833. The molecule has 3 aromatic rings. The van der Waals surface area contributed by atoms with Gasteiger partial charge in [0, 0.05) is 17.0 Å². The maximum Gasteiger partial charge on any atom is 0.234 e. The molecule has 0 aromatic heterocycles. The van der Waals surface area contributed by atoms with Crippen LogP contribution in [0.25, 0.3) is 5.76 Å². The molecule has 1 N–H and O–H groups in total. The van der Waals surface area contributed by atoms with E-state index in [0.29, 0.717) is 5.56 Å². The minimum absolute atomic E-state index is 0.121. The predicted molar refractivity (Wildman–Crippen MR) is 105 cm³/mol. The summed E-state index contributed by atoms with van der Waals surface area (Å²) >= 11 is 0. The number of hydrogen-bond donors (Lipinski definition) is 1. The number of rotatable bonds is 3. The number of hydrogen-bond acceptors (Lipinski definition) is 3. The Balaban J connectivity index is 1.99. The summed E-state index contributed by atoms with van der Waals surface area (Å²) in [6.07, 6.45) is 0. The molecule has 0 amide bonds. The highest BCUT2D eigenvalue weighted by Gasteiger charge is 2.37. The minimum atomic E-state index is -0.652. The third-order valence-corrected chi connectivity index (χ3v) is 4.97. The third-order valence-electron chi connectivity index (χ3n) is 4.97. The Kier molecular flexibility index (Phi) is 4.21. The van der Waals surface area contributed by atoms with Crippen LogP contribution in [0.5, 0.6) is 0 Å². The van der Waals surface area contributed by atoms with Crippen LogP contribution >= 0.6 is 0 Å². The third kappa shape index (κ3) is 2.87. The smallest absolute Gasteiger partial charge is 0.234 e. The van der Waals surface area contributed by atoms with E-state index in [-0.39, 0.29) is 16.9 Å². The SMILES string of the molecule is Cc1ccc(C(C2=C(O)c3ccccc3C(=O)C2=O)c2ccccc2)cc1. The fourth-order valence-corrected chi connectivity index (χ4v) is 3.58. The van der Waals surface area contributed by atoms with Gasteiger partial charge in [-0.05, 0) is 18.1 Å². The standard InChI is InChI=1S/C24H18O3/c1-15-11-13-17(14-12-15)20(16-7-3-2-4-8-16)21-22(25)18-9-5-6-10-19(18)23(26)24(21)27/h2-14,20,25H,1H3. The molecule has 1 aliphatic rings. The van der Waals surface area contributed by atoms with Gasteiger partial charge in [0.25, 0.3) is 0 Å². The molecule has 0 heterocycles. The molecule has 0 spiro atoms. The van der Waals surface area contributed by atoms with Crippen molar-refractivity contribution in [2.45, 2.75) is 12.8 Å². The number of allylic oxidation sites excluding steroid dienone is 1. The van der Waals surface area contributed by atoms with Crippen LogP contribution in [0.15, 0.2) is 84.4 Å². The zero-order valence-electron chi connectivity index (χ0n) is 14.8. The molecule has 1 atom stereocenters. The normalized spacial score (nSPS) is 14.9. The molecular formula is C24H18O3. The number of benzene rings is 3. The molecule has 0 radical (unpaired) electrons. The van der Waals surface area contributed by atoms with Gasteiger partial charge in [-0.1, -0.05) is 84.4 Å². The lowest BCUT2D eigenvalue weighted by Gasteiger charge is -2.25. The summed E-state index contributed by atoms with van der Waals surface area (Å²) in [7, 11) is 0. The molecule has 0 fully saturated rings. The average molecular weight is 354 g/mol. The van der Waals surface area contributed by atoms with Crippen molar-refractivity contribution in [1.29, 1.82) is 0 Å². The Morgan fingerprint density at radius 3 is 1.89 bits per heavy atom. The first-order valence-electron chi connectivity index (χ1n) is 8.81. The summed E-state index contributed by atoms with van der Waals surface area (Å²) in [5.74, 6) is -1.87. The van der Waals surface area contributed by atoms with E-state index in [2.05, 4.69) is 0 Å². The van der Waals surface area contributed by atoms with Crippen LogP contribution in [0, 0.1) is 6.92 Å². The van der Waals surface area contributed by atoms with Gasteiger partial charge in [0.15, 0.2) is 0 Å². The summed E-state index contributed by atoms with van der Waals surface area (Å²) in [5, 5.41) is 11.0. The van der Waals surface area contributed by atoms with Crippen molar-refractivity contribution in [1.82, 2.24) is 0 Å². The average Bonchev–Trinajstić information content (AvgIpc) is 2.71. The van der Waals surface area contributed by atoms with Crippen LogP contribution in [0.1, 0.15) is 38.5 Å². The van der Waals surface area contributed by atoms with E-state index in [1.54, 1.807) is 24.3 Å². The highest BCUT2D eigenvalue weighted by atomic mass is 16.3. The van der Waals surface area contributed by atoms with Crippen LogP contribution < -0.4 is 0 Å². The van der Waals surface area contributed by atoms with Gasteiger partial charge >= 0.3 is 0 Å². The molecule has 3 aromatic carbocycles. The van der Waals surface area contributed by atoms with Crippen molar-refractivity contribution in [2.24, 2.45) is 0 Å². The number of fused-ring (bicyclic) bond motifs is 1. The van der Waals surface area contributed by atoms with E-state index in [4.69, 9.17) is 0 Å². The van der Waals surface area contributed by atoms with Crippen molar-refractivity contribution >= 4 is 17.3 Å². The predicted octanol–water partition coefficient (Wildman–Crippen LogP) is 4.86. The van der Waals surface area contributed by atoms with Crippen molar-refractivity contribution < 1.29 is 14.7 Å². The van der Waals surface area contributed by atoms with Crippen LogP contribution in [0.4, 0.5) is 0 Å². The van der Waals surface area contributed by atoms with Gasteiger partial charge in [-0.2, -0.15) is 0 Å². The van der Waals surface area contributed by atoms with Crippen LogP contribution in [0.3, 0.4) is 0 Å². The fourth-order valence-electron chi connectivity index (χ4n) is 3.58. The molecule has 3 nitrogen and oxygen atoms in total. The van der Waals surface area contributed by atoms with Crippen LogP contribution in [-0.2, 0) is 4.79 Å². The molecule has 0 bridgehead atoms. The summed E-state index contributed by atoms with van der Waals surface area (Å²) in [6, 6.07) is 24.0. The van der Waals surface area contributed by atoms with E-state index < -0.39 is 17.5 Å². The van der Waals surface area contributed by atoms with Gasteiger partial charge in [0.05, 0.1) is 5.57 Å². The molecule has 0 saturated carbocycles. The lowest BCUT2D eigenvalue weighted by molar-refractivity contribution is -0.112. The van der Waals surface area contributed by atoms with E-state index >= 15 is 0 Å². The van der Waals surface area contributed by atoms with Gasteiger partial charge in [-0.3, -0.25) is 9.59 Å². The first-order valence-corrected chi connectivity index (χ1v) is 8.81. The largest absolute Gasteiger partial charge is 0.507 e. The molecule has 3 heteroatoms. The van der Waals surface area contributed by atoms with Gasteiger partial charge in [0.2, 0.25) is 11.6 Å². The summed E-state index contributed by atoms with van der Waals surface area (Å²) in [4.78, 5) is 25.7. The number of aryl methyl sites for hydroxylation is 1. The summed E-state index contributed by atoms with van der Waals surface area (Å²) in [6.45, 7) is 1.99. The second-order valence-corrected chi connectivity index (χ2v) is 6.72. The number of Topliss-reactive ketones (excluding diaryl/α,β-unsaturated/α-hetero) is 2. The van der Waals surface area contributed by atoms with Gasteiger partial charge < -0.3 is 5.11 Å². The Labute approximate surface area is 157 Å². The van der Waals surface area contributed by atoms with E-state index in [0.717, 1.165) is 16.7 Å². The van der Waals surface area contributed by atoms with E-state index in [1.807, 2.05) is 61.5 Å².